The minimum atomic E-state index is 0.0169. The fourth-order valence-electron chi connectivity index (χ4n) is 4.64. The van der Waals surface area contributed by atoms with Gasteiger partial charge in [-0.1, -0.05) is 27.2 Å². The van der Waals surface area contributed by atoms with Gasteiger partial charge in [-0.15, -0.1) is 0 Å². The van der Waals surface area contributed by atoms with Crippen molar-refractivity contribution in [3.63, 3.8) is 0 Å². The molecule has 2 N–H and O–H groups in total. The monoisotopic (exact) mass is 296 g/mol. The van der Waals surface area contributed by atoms with Gasteiger partial charge in [0.2, 0.25) is 0 Å². The number of nitrogens with one attached hydrogen (secondary N) is 1. The molecule has 1 saturated heterocycles. The number of rotatable bonds is 8. The number of likely N-dealkylation sites (tertiary alicyclic amines) is 1. The fraction of sp³-hybridized carbons (Fsp3) is 1.00. The first-order valence-electron chi connectivity index (χ1n) is 9.23. The number of aliphatic hydroxyl groups excluding tert-OH is 1. The van der Waals surface area contributed by atoms with Crippen molar-refractivity contribution in [1.29, 1.82) is 0 Å². The van der Waals surface area contributed by atoms with Crippen molar-refractivity contribution in [2.45, 2.75) is 77.3 Å². The molecule has 1 saturated carbocycles. The zero-order valence-electron chi connectivity index (χ0n) is 14.4. The lowest BCUT2D eigenvalue weighted by atomic mass is 9.84. The number of hydrogen-bond acceptors (Lipinski definition) is 3. The highest BCUT2D eigenvalue weighted by Crippen LogP contribution is 2.38. The van der Waals surface area contributed by atoms with Crippen LogP contribution in [0.15, 0.2) is 0 Å². The lowest BCUT2D eigenvalue weighted by Crippen LogP contribution is -2.52. The van der Waals surface area contributed by atoms with E-state index in [0.29, 0.717) is 12.5 Å². The van der Waals surface area contributed by atoms with Crippen molar-refractivity contribution in [3.05, 3.63) is 0 Å². The van der Waals surface area contributed by atoms with Crippen molar-refractivity contribution in [3.8, 4) is 0 Å². The average Bonchev–Trinajstić information content (AvgIpc) is 3.10. The molecule has 1 aliphatic carbocycles. The average molecular weight is 296 g/mol. The molecule has 2 fully saturated rings. The standard InChI is InChI=1S/C18H36N2O/c1-4-11-19-18(14-21)10-5-7-16(18)9-13-20-12-6-8-17(20)15(2)3/h15-17,19,21H,4-14H2,1-3H3. The first kappa shape index (κ1) is 17.2. The first-order valence-corrected chi connectivity index (χ1v) is 9.23. The Hall–Kier alpha value is -0.120. The van der Waals surface area contributed by atoms with Crippen LogP contribution >= 0.6 is 0 Å². The maximum atomic E-state index is 9.97. The molecule has 2 aliphatic rings. The molecule has 2 rings (SSSR count). The Morgan fingerprint density at radius 1 is 1.29 bits per heavy atom. The highest BCUT2D eigenvalue weighted by molar-refractivity contribution is 4.99. The lowest BCUT2D eigenvalue weighted by molar-refractivity contribution is 0.106. The Morgan fingerprint density at radius 3 is 2.76 bits per heavy atom. The summed E-state index contributed by atoms with van der Waals surface area (Å²) in [6.45, 7) is 10.8. The summed E-state index contributed by atoms with van der Waals surface area (Å²) in [6, 6.07) is 0.790. The molecule has 0 amide bonds. The molecule has 21 heavy (non-hydrogen) atoms. The summed E-state index contributed by atoms with van der Waals surface area (Å²) in [5, 5.41) is 13.7. The van der Waals surface area contributed by atoms with E-state index in [4.69, 9.17) is 0 Å². The molecule has 124 valence electrons. The number of hydrogen-bond donors (Lipinski definition) is 2. The van der Waals surface area contributed by atoms with Crippen LogP contribution in [0, 0.1) is 11.8 Å². The minimum absolute atomic E-state index is 0.0169. The largest absolute Gasteiger partial charge is 0.394 e. The molecule has 3 heteroatoms. The lowest BCUT2D eigenvalue weighted by Gasteiger charge is -2.37. The van der Waals surface area contributed by atoms with Crippen LogP contribution in [0.1, 0.15) is 65.7 Å². The van der Waals surface area contributed by atoms with Gasteiger partial charge in [-0.3, -0.25) is 0 Å². The quantitative estimate of drug-likeness (QED) is 0.723. The van der Waals surface area contributed by atoms with Crippen LogP contribution in [-0.2, 0) is 0 Å². The van der Waals surface area contributed by atoms with Crippen LogP contribution in [0.25, 0.3) is 0 Å². The molecule has 3 nitrogen and oxygen atoms in total. The Morgan fingerprint density at radius 2 is 2.10 bits per heavy atom. The summed E-state index contributed by atoms with van der Waals surface area (Å²) >= 11 is 0. The van der Waals surface area contributed by atoms with E-state index >= 15 is 0 Å². The van der Waals surface area contributed by atoms with Crippen molar-refractivity contribution >= 4 is 0 Å². The van der Waals surface area contributed by atoms with Crippen LogP contribution in [0.4, 0.5) is 0 Å². The van der Waals surface area contributed by atoms with E-state index in [1.54, 1.807) is 0 Å². The van der Waals surface area contributed by atoms with Crippen LogP contribution in [-0.4, -0.2) is 47.8 Å². The van der Waals surface area contributed by atoms with Gasteiger partial charge in [0, 0.05) is 11.6 Å². The van der Waals surface area contributed by atoms with Gasteiger partial charge < -0.3 is 15.3 Å². The van der Waals surface area contributed by atoms with Gasteiger partial charge in [-0.25, -0.2) is 0 Å². The summed E-state index contributed by atoms with van der Waals surface area (Å²) in [7, 11) is 0. The van der Waals surface area contributed by atoms with Gasteiger partial charge in [0.25, 0.3) is 0 Å². The third kappa shape index (κ3) is 4.00. The zero-order valence-corrected chi connectivity index (χ0v) is 14.4. The second kappa shape index (κ2) is 7.94. The third-order valence-corrected chi connectivity index (χ3v) is 5.91. The Balaban J connectivity index is 1.88. The highest BCUT2D eigenvalue weighted by Gasteiger charge is 2.42. The predicted octanol–water partition coefficient (Wildman–Crippen LogP) is 3.03. The number of aliphatic hydroxyl groups is 1. The van der Waals surface area contributed by atoms with Crippen molar-refractivity contribution in [2.75, 3.05) is 26.2 Å². The van der Waals surface area contributed by atoms with Crippen LogP contribution < -0.4 is 5.32 Å². The van der Waals surface area contributed by atoms with E-state index in [1.807, 2.05) is 0 Å². The molecule has 0 bridgehead atoms. The van der Waals surface area contributed by atoms with Crippen LogP contribution in [0.3, 0.4) is 0 Å². The molecule has 0 aromatic carbocycles. The molecule has 1 aliphatic heterocycles. The second-order valence-electron chi connectivity index (χ2n) is 7.61. The smallest absolute Gasteiger partial charge is 0.0616 e. The van der Waals surface area contributed by atoms with E-state index in [2.05, 4.69) is 31.0 Å². The molecule has 0 spiro atoms. The van der Waals surface area contributed by atoms with Crippen LogP contribution in [0.2, 0.25) is 0 Å². The maximum absolute atomic E-state index is 9.97. The summed E-state index contributed by atoms with van der Waals surface area (Å²) in [5.74, 6) is 1.43. The van der Waals surface area contributed by atoms with Gasteiger partial charge in [0.1, 0.15) is 0 Å². The third-order valence-electron chi connectivity index (χ3n) is 5.91. The Labute approximate surface area is 131 Å². The van der Waals surface area contributed by atoms with E-state index in [1.165, 1.54) is 45.2 Å². The summed E-state index contributed by atoms with van der Waals surface area (Å²) in [6.07, 6.45) is 8.86. The van der Waals surface area contributed by atoms with E-state index in [0.717, 1.165) is 31.3 Å². The van der Waals surface area contributed by atoms with Gasteiger partial charge in [-0.2, -0.15) is 0 Å². The number of nitrogens with zero attached hydrogens (tertiary/aromatic N) is 1. The van der Waals surface area contributed by atoms with Gasteiger partial charge in [0.05, 0.1) is 6.61 Å². The molecule has 0 radical (unpaired) electrons. The maximum Gasteiger partial charge on any atom is 0.0616 e. The van der Waals surface area contributed by atoms with E-state index < -0.39 is 0 Å². The first-order chi connectivity index (χ1) is 10.1. The van der Waals surface area contributed by atoms with E-state index in [-0.39, 0.29) is 5.54 Å². The summed E-state index contributed by atoms with van der Waals surface area (Å²) in [4.78, 5) is 2.71. The Bertz CT molecular complexity index is 308. The van der Waals surface area contributed by atoms with Gasteiger partial charge >= 0.3 is 0 Å². The summed E-state index contributed by atoms with van der Waals surface area (Å²) < 4.78 is 0. The molecular formula is C18H36N2O. The van der Waals surface area contributed by atoms with Crippen LogP contribution in [0.5, 0.6) is 0 Å². The minimum Gasteiger partial charge on any atom is -0.394 e. The molecule has 3 unspecified atom stereocenters. The SMILES string of the molecule is CCCNC1(CO)CCCC1CCN1CCCC1C(C)C. The molecule has 3 atom stereocenters. The summed E-state index contributed by atoms with van der Waals surface area (Å²) in [5.41, 5.74) is 0.0169. The molecule has 0 aromatic rings. The predicted molar refractivity (Wildman–Crippen MR) is 89.5 cm³/mol. The van der Waals surface area contributed by atoms with Gasteiger partial charge in [0.15, 0.2) is 0 Å². The molecular weight excluding hydrogens is 260 g/mol. The van der Waals surface area contributed by atoms with Gasteiger partial charge in [-0.05, 0) is 70.0 Å². The van der Waals surface area contributed by atoms with Crippen molar-refractivity contribution in [2.24, 2.45) is 11.8 Å². The fourth-order valence-corrected chi connectivity index (χ4v) is 4.64. The molecule has 0 aromatic heterocycles. The highest BCUT2D eigenvalue weighted by atomic mass is 16.3. The topological polar surface area (TPSA) is 35.5 Å². The Kier molecular flexibility index (Phi) is 6.51. The van der Waals surface area contributed by atoms with Crippen molar-refractivity contribution < 1.29 is 5.11 Å². The zero-order chi connectivity index (χ0) is 15.3. The van der Waals surface area contributed by atoms with E-state index in [9.17, 15) is 5.11 Å². The van der Waals surface area contributed by atoms with Crippen molar-refractivity contribution in [1.82, 2.24) is 10.2 Å². The normalized spacial score (nSPS) is 34.1. The second-order valence-corrected chi connectivity index (χ2v) is 7.61. The molecule has 1 heterocycles.